The summed E-state index contributed by atoms with van der Waals surface area (Å²) in [5.74, 6) is 0.203. The van der Waals surface area contributed by atoms with E-state index in [1.807, 2.05) is 4.90 Å². The van der Waals surface area contributed by atoms with Gasteiger partial charge in [-0.2, -0.15) is 39.5 Å². The second-order valence-electron chi connectivity index (χ2n) is 9.98. The highest BCUT2D eigenvalue weighted by molar-refractivity contribution is 5.71. The number of anilines is 1. The first-order valence-corrected chi connectivity index (χ1v) is 12.8. The summed E-state index contributed by atoms with van der Waals surface area (Å²) in [7, 11) is 0. The maximum Gasteiger partial charge on any atom is 0.417 e. The van der Waals surface area contributed by atoms with Gasteiger partial charge in [0, 0.05) is 24.3 Å². The van der Waals surface area contributed by atoms with E-state index in [-0.39, 0.29) is 23.5 Å². The van der Waals surface area contributed by atoms with Crippen LogP contribution in [-0.4, -0.2) is 47.7 Å². The van der Waals surface area contributed by atoms with Crippen molar-refractivity contribution in [1.82, 2.24) is 15.2 Å². The van der Waals surface area contributed by atoms with Crippen molar-refractivity contribution in [2.45, 2.75) is 70.0 Å². The Morgan fingerprint density at radius 3 is 2.00 bits per heavy atom. The number of nitrogens with zero attached hydrogens (tertiary/aromatic N) is 3. The summed E-state index contributed by atoms with van der Waals surface area (Å²) < 4.78 is 126. The van der Waals surface area contributed by atoms with Crippen LogP contribution in [0.1, 0.15) is 60.6 Å². The molecule has 1 aromatic heterocycles. The van der Waals surface area contributed by atoms with Crippen LogP contribution in [0.25, 0.3) is 0 Å². The number of pyridine rings is 1. The Kier molecular flexibility index (Phi) is 8.40. The number of nitrogens with one attached hydrogen (secondary N) is 1. The van der Waals surface area contributed by atoms with Gasteiger partial charge in [-0.3, -0.25) is 4.90 Å². The molecule has 226 valence electrons. The fourth-order valence-electron chi connectivity index (χ4n) is 5.22. The summed E-state index contributed by atoms with van der Waals surface area (Å²) in [4.78, 5) is 19.8. The van der Waals surface area contributed by atoms with E-state index in [1.54, 1.807) is 6.92 Å². The van der Waals surface area contributed by atoms with Crippen LogP contribution in [-0.2, 0) is 29.8 Å². The topological polar surface area (TPSA) is 57.7 Å². The first-order valence-electron chi connectivity index (χ1n) is 12.8. The second-order valence-corrected chi connectivity index (χ2v) is 9.98. The van der Waals surface area contributed by atoms with Crippen molar-refractivity contribution in [3.8, 4) is 0 Å². The van der Waals surface area contributed by atoms with Crippen molar-refractivity contribution >= 4 is 11.9 Å². The van der Waals surface area contributed by atoms with Gasteiger partial charge in [0.25, 0.3) is 0 Å². The summed E-state index contributed by atoms with van der Waals surface area (Å²) in [6, 6.07) is 0.588. The molecule has 0 spiro atoms. The lowest BCUT2D eigenvalue weighted by Crippen LogP contribution is -2.44. The van der Waals surface area contributed by atoms with Crippen LogP contribution in [0.4, 0.5) is 50.1 Å². The molecule has 1 N–H and O–H groups in total. The number of ether oxygens (including phenoxy) is 1. The first-order chi connectivity index (χ1) is 19.0. The number of aromatic nitrogens is 1. The Bertz CT molecular complexity index is 1220. The quantitative estimate of drug-likeness (QED) is 0.371. The van der Waals surface area contributed by atoms with Gasteiger partial charge in [0.1, 0.15) is 11.9 Å². The standard InChI is InChI=1S/C26H27F9N4O2/c1-3-38(20-4-6-36-7-5-20)22-16(10-19(12-37-22)26(33,34)35)13-39-14(2)21(41-23(39)40)15-8-17(24(27,28)29)11-18(9-15)25(30,31)32/h8-12,14,20-21,36H,3-7,13H2,1-2H3. The number of halogens is 9. The summed E-state index contributed by atoms with van der Waals surface area (Å²) in [6.07, 6.45) is -15.5. The third-order valence-corrected chi connectivity index (χ3v) is 7.30. The zero-order chi connectivity index (χ0) is 30.3. The molecule has 2 aromatic rings. The van der Waals surface area contributed by atoms with Crippen molar-refractivity contribution in [2.24, 2.45) is 0 Å². The normalized spacial score (nSPS) is 20.9. The fourth-order valence-corrected chi connectivity index (χ4v) is 5.22. The van der Waals surface area contributed by atoms with E-state index in [9.17, 15) is 44.3 Å². The highest BCUT2D eigenvalue weighted by atomic mass is 19.4. The smallest absolute Gasteiger partial charge is 0.417 e. The van der Waals surface area contributed by atoms with E-state index in [4.69, 9.17) is 4.74 Å². The molecule has 2 saturated heterocycles. The summed E-state index contributed by atoms with van der Waals surface area (Å²) in [6.45, 7) is 4.45. The number of alkyl halides is 9. The first kappa shape index (κ1) is 30.7. The molecule has 2 atom stereocenters. The van der Waals surface area contributed by atoms with Gasteiger partial charge in [-0.1, -0.05) is 0 Å². The molecule has 6 nitrogen and oxygen atoms in total. The highest BCUT2D eigenvalue weighted by Gasteiger charge is 2.44. The minimum absolute atomic E-state index is 0.0182. The number of amides is 1. The molecule has 0 bridgehead atoms. The van der Waals surface area contributed by atoms with Crippen LogP contribution < -0.4 is 10.2 Å². The van der Waals surface area contributed by atoms with Gasteiger partial charge < -0.3 is 15.0 Å². The number of carbonyl (C=O) groups is 1. The van der Waals surface area contributed by atoms with Crippen LogP contribution >= 0.6 is 0 Å². The number of rotatable bonds is 6. The van der Waals surface area contributed by atoms with Crippen molar-refractivity contribution in [2.75, 3.05) is 24.5 Å². The van der Waals surface area contributed by atoms with Gasteiger partial charge in [0.05, 0.1) is 29.3 Å². The van der Waals surface area contributed by atoms with E-state index in [0.29, 0.717) is 50.8 Å². The molecule has 41 heavy (non-hydrogen) atoms. The molecule has 2 fully saturated rings. The van der Waals surface area contributed by atoms with Crippen molar-refractivity contribution in [3.63, 3.8) is 0 Å². The van der Waals surface area contributed by atoms with Crippen LogP contribution in [0, 0.1) is 0 Å². The Morgan fingerprint density at radius 2 is 1.49 bits per heavy atom. The third-order valence-electron chi connectivity index (χ3n) is 7.30. The van der Waals surface area contributed by atoms with Gasteiger partial charge >= 0.3 is 24.6 Å². The minimum atomic E-state index is -5.11. The Hall–Kier alpha value is -3.23. The highest BCUT2D eigenvalue weighted by Crippen LogP contribution is 2.42. The zero-order valence-electron chi connectivity index (χ0n) is 21.9. The molecular weight excluding hydrogens is 571 g/mol. The minimum Gasteiger partial charge on any atom is -0.439 e. The van der Waals surface area contributed by atoms with E-state index in [0.717, 1.165) is 11.0 Å². The molecule has 1 amide bonds. The van der Waals surface area contributed by atoms with Gasteiger partial charge in [-0.25, -0.2) is 9.78 Å². The largest absolute Gasteiger partial charge is 0.439 e. The predicted octanol–water partition coefficient (Wildman–Crippen LogP) is 6.80. The van der Waals surface area contributed by atoms with Gasteiger partial charge in [0.2, 0.25) is 0 Å². The molecule has 2 aliphatic heterocycles. The average Bonchev–Trinajstić information content (AvgIpc) is 3.17. The molecule has 3 heterocycles. The number of carbonyl (C=O) groups excluding carboxylic acids is 1. The number of cyclic esters (lactones) is 1. The summed E-state index contributed by atoms with van der Waals surface area (Å²) >= 11 is 0. The molecule has 15 heteroatoms. The number of piperidine rings is 1. The molecule has 0 radical (unpaired) electrons. The maximum absolute atomic E-state index is 13.6. The molecule has 0 saturated carbocycles. The van der Waals surface area contributed by atoms with Crippen molar-refractivity contribution < 1.29 is 49.0 Å². The SMILES string of the molecule is CCN(c1ncc(C(F)(F)F)cc1CN1C(=O)OC(c2cc(C(F)(F)F)cc(C(F)(F)F)c2)C1C)C1CCNCC1. The van der Waals surface area contributed by atoms with Crippen molar-refractivity contribution in [3.05, 3.63) is 58.3 Å². The summed E-state index contributed by atoms with van der Waals surface area (Å²) in [5, 5.41) is 3.20. The van der Waals surface area contributed by atoms with E-state index in [2.05, 4.69) is 10.3 Å². The van der Waals surface area contributed by atoms with Crippen molar-refractivity contribution in [1.29, 1.82) is 0 Å². The Morgan fingerprint density at radius 1 is 0.927 bits per heavy atom. The lowest BCUT2D eigenvalue weighted by atomic mass is 9.97. The van der Waals surface area contributed by atoms with E-state index in [1.165, 1.54) is 6.92 Å². The average molecular weight is 599 g/mol. The number of benzene rings is 1. The molecule has 1 aromatic carbocycles. The molecule has 2 unspecified atom stereocenters. The molecule has 0 aliphatic carbocycles. The van der Waals surface area contributed by atoms with Gasteiger partial charge in [-0.05, 0) is 69.6 Å². The fraction of sp³-hybridized carbons (Fsp3) is 0.538. The van der Waals surface area contributed by atoms with Gasteiger partial charge in [0.15, 0.2) is 0 Å². The molecule has 4 rings (SSSR count). The second kappa shape index (κ2) is 11.2. The van der Waals surface area contributed by atoms with Gasteiger partial charge in [-0.15, -0.1) is 0 Å². The van der Waals surface area contributed by atoms with E-state index < -0.39 is 65.6 Å². The van der Waals surface area contributed by atoms with Crippen LogP contribution in [0.5, 0.6) is 0 Å². The lowest BCUT2D eigenvalue weighted by molar-refractivity contribution is -0.143. The van der Waals surface area contributed by atoms with E-state index >= 15 is 0 Å². The third kappa shape index (κ3) is 6.65. The monoisotopic (exact) mass is 598 g/mol. The zero-order valence-corrected chi connectivity index (χ0v) is 21.9. The number of hydrogen-bond donors (Lipinski definition) is 1. The summed E-state index contributed by atoms with van der Waals surface area (Å²) in [5.41, 5.74) is -4.74. The number of hydrogen-bond acceptors (Lipinski definition) is 5. The maximum atomic E-state index is 13.6. The Labute approximate surface area is 229 Å². The van der Waals surface area contributed by atoms with Crippen LogP contribution in [0.15, 0.2) is 30.5 Å². The molecule has 2 aliphatic rings. The predicted molar refractivity (Wildman–Crippen MR) is 129 cm³/mol. The van der Waals surface area contributed by atoms with Crippen LogP contribution in [0.2, 0.25) is 0 Å². The lowest BCUT2D eigenvalue weighted by Gasteiger charge is -2.36. The Balaban J connectivity index is 1.71. The molecular formula is C26H27F9N4O2. The van der Waals surface area contributed by atoms with Crippen LogP contribution in [0.3, 0.4) is 0 Å².